The van der Waals surface area contributed by atoms with Crippen LogP contribution in [-0.4, -0.2) is 17.9 Å². The Balaban J connectivity index is 2.46. The van der Waals surface area contributed by atoms with E-state index in [9.17, 15) is 10.1 Å². The summed E-state index contributed by atoms with van der Waals surface area (Å²) in [5.41, 5.74) is 0.609. The van der Waals surface area contributed by atoms with Gasteiger partial charge in [0, 0.05) is 13.2 Å². The highest BCUT2D eigenvalue weighted by Crippen LogP contribution is 2.44. The van der Waals surface area contributed by atoms with E-state index in [-0.39, 0.29) is 11.8 Å². The van der Waals surface area contributed by atoms with Crippen LogP contribution in [0.1, 0.15) is 19.8 Å². The summed E-state index contributed by atoms with van der Waals surface area (Å²) in [6.07, 6.45) is 7.05. The molecule has 0 radical (unpaired) electrons. The lowest BCUT2D eigenvalue weighted by Gasteiger charge is -2.39. The molecule has 15 heavy (non-hydrogen) atoms. The van der Waals surface area contributed by atoms with Gasteiger partial charge in [-0.15, -0.1) is 0 Å². The summed E-state index contributed by atoms with van der Waals surface area (Å²) in [5.74, 6) is -0.135. The molecule has 0 aromatic carbocycles. The third-order valence-corrected chi connectivity index (χ3v) is 3.34. The summed E-state index contributed by atoms with van der Waals surface area (Å²) in [6.45, 7) is 2.02. The quantitative estimate of drug-likeness (QED) is 0.562. The van der Waals surface area contributed by atoms with Crippen molar-refractivity contribution in [2.75, 3.05) is 7.05 Å². The van der Waals surface area contributed by atoms with E-state index >= 15 is 0 Å². The molecule has 0 N–H and O–H groups in total. The second kappa shape index (κ2) is 3.23. The Morgan fingerprint density at radius 1 is 1.67 bits per heavy atom. The van der Waals surface area contributed by atoms with E-state index < -0.39 is 5.41 Å². The molecule has 0 aromatic heterocycles. The SMILES string of the molecule is CC1=CCC2C(=O)N(C)C=CC2(C#N)C1. The molecule has 3 nitrogen and oxygen atoms in total. The summed E-state index contributed by atoms with van der Waals surface area (Å²) < 4.78 is 0. The maximum atomic E-state index is 11.9. The van der Waals surface area contributed by atoms with Gasteiger partial charge in [0.2, 0.25) is 5.91 Å². The van der Waals surface area contributed by atoms with Crippen molar-refractivity contribution < 1.29 is 4.79 Å². The smallest absolute Gasteiger partial charge is 0.231 e. The van der Waals surface area contributed by atoms with E-state index in [0.29, 0.717) is 12.8 Å². The number of hydrogen-bond donors (Lipinski definition) is 0. The van der Waals surface area contributed by atoms with Gasteiger partial charge < -0.3 is 4.90 Å². The number of hydrogen-bond acceptors (Lipinski definition) is 2. The molecule has 2 rings (SSSR count). The van der Waals surface area contributed by atoms with E-state index in [2.05, 4.69) is 12.1 Å². The van der Waals surface area contributed by atoms with Crippen molar-refractivity contribution in [1.82, 2.24) is 4.90 Å². The van der Waals surface area contributed by atoms with Gasteiger partial charge in [-0.2, -0.15) is 5.26 Å². The Hall–Kier alpha value is -1.56. The number of allylic oxidation sites excluding steroid dienone is 3. The molecule has 0 fully saturated rings. The fraction of sp³-hybridized carbons (Fsp3) is 0.500. The minimum absolute atomic E-state index is 0.0581. The molecule has 1 aliphatic heterocycles. The Bertz CT molecular complexity index is 402. The van der Waals surface area contributed by atoms with Gasteiger partial charge in [-0.1, -0.05) is 11.6 Å². The number of amides is 1. The van der Waals surface area contributed by atoms with Crippen LogP contribution in [0, 0.1) is 22.7 Å². The van der Waals surface area contributed by atoms with Crippen LogP contribution in [0.3, 0.4) is 0 Å². The molecular weight excluding hydrogens is 188 g/mol. The van der Waals surface area contributed by atoms with Crippen LogP contribution in [0.5, 0.6) is 0 Å². The molecule has 0 saturated heterocycles. The lowest BCUT2D eigenvalue weighted by molar-refractivity contribution is -0.135. The second-order valence-corrected chi connectivity index (χ2v) is 4.43. The topological polar surface area (TPSA) is 44.1 Å². The molecule has 0 aromatic rings. The zero-order chi connectivity index (χ0) is 11.1. The minimum Gasteiger partial charge on any atom is -0.322 e. The third-order valence-electron chi connectivity index (χ3n) is 3.34. The fourth-order valence-electron chi connectivity index (χ4n) is 2.40. The van der Waals surface area contributed by atoms with Gasteiger partial charge in [-0.05, 0) is 25.8 Å². The third kappa shape index (κ3) is 1.37. The Morgan fingerprint density at radius 3 is 3.07 bits per heavy atom. The summed E-state index contributed by atoms with van der Waals surface area (Å²) in [5, 5.41) is 9.30. The van der Waals surface area contributed by atoms with Gasteiger partial charge in [0.1, 0.15) is 0 Å². The lowest BCUT2D eigenvalue weighted by Crippen LogP contribution is -2.44. The Labute approximate surface area is 89.7 Å². The zero-order valence-corrected chi connectivity index (χ0v) is 9.03. The molecule has 2 atom stereocenters. The van der Waals surface area contributed by atoms with Crippen molar-refractivity contribution in [2.45, 2.75) is 19.8 Å². The zero-order valence-electron chi connectivity index (χ0n) is 9.03. The largest absolute Gasteiger partial charge is 0.322 e. The van der Waals surface area contributed by atoms with Gasteiger partial charge >= 0.3 is 0 Å². The fourth-order valence-corrected chi connectivity index (χ4v) is 2.40. The maximum Gasteiger partial charge on any atom is 0.231 e. The van der Waals surface area contributed by atoms with Crippen LogP contribution in [0.25, 0.3) is 0 Å². The highest BCUT2D eigenvalue weighted by Gasteiger charge is 2.46. The standard InChI is InChI=1S/C12H14N2O/c1-9-3-4-10-11(15)14(2)6-5-12(10,7-9)8-13/h3,5-6,10H,4,7H2,1-2H3. The van der Waals surface area contributed by atoms with Crippen molar-refractivity contribution in [2.24, 2.45) is 11.3 Å². The molecule has 1 heterocycles. The van der Waals surface area contributed by atoms with Gasteiger partial charge in [-0.3, -0.25) is 4.79 Å². The number of fused-ring (bicyclic) bond motifs is 1. The minimum atomic E-state index is -0.595. The van der Waals surface area contributed by atoms with E-state index in [1.165, 1.54) is 5.57 Å². The number of carbonyl (C=O) groups is 1. The monoisotopic (exact) mass is 202 g/mol. The lowest BCUT2D eigenvalue weighted by atomic mass is 9.66. The Morgan fingerprint density at radius 2 is 2.40 bits per heavy atom. The second-order valence-electron chi connectivity index (χ2n) is 4.43. The molecule has 2 aliphatic rings. The van der Waals surface area contributed by atoms with Crippen LogP contribution in [0.15, 0.2) is 23.9 Å². The maximum absolute atomic E-state index is 11.9. The van der Waals surface area contributed by atoms with Crippen LogP contribution >= 0.6 is 0 Å². The first-order valence-corrected chi connectivity index (χ1v) is 5.12. The average Bonchev–Trinajstić information content (AvgIpc) is 2.24. The Kier molecular flexibility index (Phi) is 2.15. The first-order chi connectivity index (χ1) is 7.09. The highest BCUT2D eigenvalue weighted by molar-refractivity contribution is 5.83. The average molecular weight is 202 g/mol. The summed E-state index contributed by atoms with van der Waals surface area (Å²) in [7, 11) is 1.74. The molecule has 3 heteroatoms. The van der Waals surface area contributed by atoms with Crippen molar-refractivity contribution in [3.8, 4) is 6.07 Å². The van der Waals surface area contributed by atoms with Crippen molar-refractivity contribution in [1.29, 1.82) is 5.26 Å². The molecule has 2 unspecified atom stereocenters. The molecule has 0 bridgehead atoms. The van der Waals surface area contributed by atoms with E-state index in [4.69, 9.17) is 0 Å². The van der Waals surface area contributed by atoms with Gasteiger partial charge in [0.15, 0.2) is 0 Å². The first kappa shape index (κ1) is 9.97. The predicted molar refractivity (Wildman–Crippen MR) is 56.4 cm³/mol. The summed E-state index contributed by atoms with van der Waals surface area (Å²) in [6, 6.07) is 2.33. The van der Waals surface area contributed by atoms with Crippen LogP contribution in [-0.2, 0) is 4.79 Å². The number of nitrogens with zero attached hydrogens (tertiary/aromatic N) is 2. The number of rotatable bonds is 0. The van der Waals surface area contributed by atoms with Crippen molar-refractivity contribution in [3.05, 3.63) is 23.9 Å². The molecule has 0 saturated carbocycles. The van der Waals surface area contributed by atoms with Crippen LogP contribution < -0.4 is 0 Å². The van der Waals surface area contributed by atoms with Crippen molar-refractivity contribution in [3.63, 3.8) is 0 Å². The van der Waals surface area contributed by atoms with E-state index in [0.717, 1.165) is 0 Å². The molecule has 0 spiro atoms. The summed E-state index contributed by atoms with van der Waals surface area (Å²) >= 11 is 0. The molecule has 1 amide bonds. The highest BCUT2D eigenvalue weighted by atomic mass is 16.2. The van der Waals surface area contributed by atoms with Crippen molar-refractivity contribution >= 4 is 5.91 Å². The van der Waals surface area contributed by atoms with Gasteiger partial charge in [-0.25, -0.2) is 0 Å². The van der Waals surface area contributed by atoms with E-state index in [1.54, 1.807) is 18.1 Å². The van der Waals surface area contributed by atoms with Gasteiger partial charge in [0.25, 0.3) is 0 Å². The normalized spacial score (nSPS) is 34.5. The van der Waals surface area contributed by atoms with Gasteiger partial charge in [0.05, 0.1) is 17.4 Å². The number of nitriles is 1. The molecule has 1 aliphatic carbocycles. The van der Waals surface area contributed by atoms with E-state index in [1.807, 2.05) is 13.0 Å². The molecular formula is C12H14N2O. The molecule has 78 valence electrons. The first-order valence-electron chi connectivity index (χ1n) is 5.12. The predicted octanol–water partition coefficient (Wildman–Crippen LogP) is 1.84. The number of carbonyl (C=O) groups excluding carboxylic acids is 1. The summed E-state index contributed by atoms with van der Waals surface area (Å²) in [4.78, 5) is 13.5. The van der Waals surface area contributed by atoms with Crippen LogP contribution in [0.2, 0.25) is 0 Å². The van der Waals surface area contributed by atoms with Crippen LogP contribution in [0.4, 0.5) is 0 Å².